The Kier molecular flexibility index (Phi) is 5.85. The smallest absolute Gasteiger partial charge is 0.335 e. The number of amides is 2. The van der Waals surface area contributed by atoms with Gasteiger partial charge in [0.15, 0.2) is 5.65 Å². The molecule has 1 fully saturated rings. The second kappa shape index (κ2) is 8.71. The Hall–Kier alpha value is -3.13. The molecule has 1 aromatic carbocycles. The molecule has 0 atom stereocenters. The summed E-state index contributed by atoms with van der Waals surface area (Å²) in [4.78, 5) is 27.3. The molecule has 2 amide bonds. The molecule has 0 radical (unpaired) electrons. The van der Waals surface area contributed by atoms with E-state index >= 15 is 0 Å². The fourth-order valence-electron chi connectivity index (χ4n) is 3.90. The molecule has 0 spiro atoms. The third-order valence-electron chi connectivity index (χ3n) is 5.60. The number of likely N-dealkylation sites (tertiary alicyclic amines) is 1. The van der Waals surface area contributed by atoms with Gasteiger partial charge in [-0.25, -0.2) is 14.3 Å². The van der Waals surface area contributed by atoms with E-state index in [0.717, 1.165) is 31.5 Å². The molecule has 1 aliphatic heterocycles. The summed E-state index contributed by atoms with van der Waals surface area (Å²) < 4.78 is 2.94. The van der Waals surface area contributed by atoms with Crippen molar-refractivity contribution in [3.63, 3.8) is 0 Å². The molecule has 158 valence electrons. The molecular weight excluding hydrogens is 380 g/mol. The molecule has 0 unspecified atom stereocenters. The van der Waals surface area contributed by atoms with Gasteiger partial charge in [-0.15, -0.1) is 5.10 Å². The van der Waals surface area contributed by atoms with Crippen LogP contribution < -0.4 is 16.3 Å². The molecule has 30 heavy (non-hydrogen) atoms. The van der Waals surface area contributed by atoms with Gasteiger partial charge in [0.1, 0.15) is 0 Å². The fourth-order valence-corrected chi connectivity index (χ4v) is 3.90. The Bertz CT molecular complexity index is 1080. The highest BCUT2D eigenvalue weighted by atomic mass is 16.2. The fraction of sp³-hybridized carbons (Fsp3) is 0.409. The van der Waals surface area contributed by atoms with Crippen LogP contribution in [0.5, 0.6) is 0 Å². The number of nitrogens with one attached hydrogen (secondary N) is 2. The van der Waals surface area contributed by atoms with Crippen LogP contribution in [0.4, 0.5) is 10.5 Å². The van der Waals surface area contributed by atoms with Gasteiger partial charge in [-0.1, -0.05) is 18.2 Å². The molecule has 1 saturated heterocycles. The largest absolute Gasteiger partial charge is 0.350 e. The molecule has 4 rings (SSSR count). The average molecular weight is 409 g/mol. The van der Waals surface area contributed by atoms with Gasteiger partial charge in [0.2, 0.25) is 0 Å². The van der Waals surface area contributed by atoms with Gasteiger partial charge in [0.25, 0.3) is 0 Å². The number of hydrogen-bond donors (Lipinski definition) is 2. The Labute approximate surface area is 175 Å². The lowest BCUT2D eigenvalue weighted by Gasteiger charge is -2.34. The summed E-state index contributed by atoms with van der Waals surface area (Å²) in [5.74, 6) is 0. The van der Waals surface area contributed by atoms with Crippen molar-refractivity contribution in [2.24, 2.45) is 0 Å². The first-order valence-corrected chi connectivity index (χ1v) is 10.4. The second-order valence-corrected chi connectivity index (χ2v) is 8.07. The monoisotopic (exact) mass is 408 g/mol. The molecule has 2 N–H and O–H groups in total. The number of benzene rings is 1. The summed E-state index contributed by atoms with van der Waals surface area (Å²) in [5, 5.41) is 10.3. The predicted molar refractivity (Wildman–Crippen MR) is 117 cm³/mol. The van der Waals surface area contributed by atoms with Crippen LogP contribution in [0.1, 0.15) is 32.3 Å². The molecular formula is C22H28N6O2. The number of carbonyl (C=O) groups is 1. The van der Waals surface area contributed by atoms with Crippen molar-refractivity contribution in [2.45, 2.75) is 45.3 Å². The normalized spacial score (nSPS) is 15.6. The SMILES string of the molecule is CC(C)N1CCC(NC(=O)Nc2cccc(Cn3nc4ccccn4c3=O)c2)CC1. The third-order valence-corrected chi connectivity index (χ3v) is 5.60. The number of hydrogen-bond acceptors (Lipinski definition) is 4. The quantitative estimate of drug-likeness (QED) is 0.680. The molecule has 8 heteroatoms. The number of urea groups is 1. The van der Waals surface area contributed by atoms with Crippen LogP contribution in [-0.4, -0.2) is 50.3 Å². The minimum atomic E-state index is -0.194. The first-order chi connectivity index (χ1) is 14.5. The number of carbonyl (C=O) groups excluding carboxylic acids is 1. The summed E-state index contributed by atoms with van der Waals surface area (Å²) in [6.45, 7) is 6.75. The minimum Gasteiger partial charge on any atom is -0.335 e. The van der Waals surface area contributed by atoms with Crippen molar-refractivity contribution >= 4 is 17.4 Å². The van der Waals surface area contributed by atoms with Crippen LogP contribution >= 0.6 is 0 Å². The predicted octanol–water partition coefficient (Wildman–Crippen LogP) is 2.54. The summed E-state index contributed by atoms with van der Waals surface area (Å²) >= 11 is 0. The number of rotatable bonds is 5. The summed E-state index contributed by atoms with van der Waals surface area (Å²) in [5.41, 5.74) is 2.01. The highest BCUT2D eigenvalue weighted by Crippen LogP contribution is 2.14. The summed E-state index contributed by atoms with van der Waals surface area (Å²) in [6.07, 6.45) is 3.63. The van der Waals surface area contributed by atoms with Crippen LogP contribution in [0.3, 0.4) is 0 Å². The number of anilines is 1. The average Bonchev–Trinajstić information content (AvgIpc) is 3.04. The molecule has 1 aliphatic rings. The van der Waals surface area contributed by atoms with Crippen molar-refractivity contribution in [3.05, 3.63) is 64.7 Å². The first-order valence-electron chi connectivity index (χ1n) is 10.4. The zero-order valence-electron chi connectivity index (χ0n) is 17.4. The lowest BCUT2D eigenvalue weighted by atomic mass is 10.0. The Morgan fingerprint density at radius 3 is 2.70 bits per heavy atom. The highest BCUT2D eigenvalue weighted by Gasteiger charge is 2.22. The van der Waals surface area contributed by atoms with Gasteiger partial charge in [-0.05, 0) is 56.5 Å². The summed E-state index contributed by atoms with van der Waals surface area (Å²) in [6, 6.07) is 13.5. The van der Waals surface area contributed by atoms with E-state index in [1.54, 1.807) is 18.3 Å². The van der Waals surface area contributed by atoms with Crippen molar-refractivity contribution in [1.82, 2.24) is 24.4 Å². The first kappa shape index (κ1) is 20.2. The van der Waals surface area contributed by atoms with Crippen molar-refractivity contribution in [3.8, 4) is 0 Å². The van der Waals surface area contributed by atoms with E-state index in [0.29, 0.717) is 23.9 Å². The van der Waals surface area contributed by atoms with E-state index in [1.807, 2.05) is 30.3 Å². The second-order valence-electron chi connectivity index (χ2n) is 8.07. The van der Waals surface area contributed by atoms with E-state index in [2.05, 4.69) is 34.5 Å². The molecule has 2 aromatic heterocycles. The topological polar surface area (TPSA) is 83.7 Å². The van der Waals surface area contributed by atoms with Crippen molar-refractivity contribution < 1.29 is 4.79 Å². The van der Waals surface area contributed by atoms with Crippen molar-refractivity contribution in [2.75, 3.05) is 18.4 Å². The molecule has 0 aliphatic carbocycles. The molecule has 3 aromatic rings. The molecule has 3 heterocycles. The minimum absolute atomic E-state index is 0.186. The van der Waals surface area contributed by atoms with Crippen LogP contribution in [0.2, 0.25) is 0 Å². The third kappa shape index (κ3) is 4.54. The van der Waals surface area contributed by atoms with Gasteiger partial charge < -0.3 is 15.5 Å². The highest BCUT2D eigenvalue weighted by molar-refractivity contribution is 5.89. The van der Waals surface area contributed by atoms with Gasteiger partial charge in [0.05, 0.1) is 6.54 Å². The molecule has 8 nitrogen and oxygen atoms in total. The zero-order chi connectivity index (χ0) is 21.1. The maximum Gasteiger partial charge on any atom is 0.350 e. The van der Waals surface area contributed by atoms with E-state index in [9.17, 15) is 9.59 Å². The van der Waals surface area contributed by atoms with Gasteiger partial charge >= 0.3 is 11.7 Å². The van der Waals surface area contributed by atoms with Gasteiger partial charge in [-0.3, -0.25) is 4.40 Å². The van der Waals surface area contributed by atoms with Crippen LogP contribution in [-0.2, 0) is 6.54 Å². The van der Waals surface area contributed by atoms with E-state index in [-0.39, 0.29) is 17.8 Å². The molecule has 0 bridgehead atoms. The van der Waals surface area contributed by atoms with E-state index < -0.39 is 0 Å². The number of pyridine rings is 1. The van der Waals surface area contributed by atoms with E-state index in [1.165, 1.54) is 9.08 Å². The van der Waals surface area contributed by atoms with Crippen LogP contribution in [0.15, 0.2) is 53.5 Å². The van der Waals surface area contributed by atoms with Crippen molar-refractivity contribution in [1.29, 1.82) is 0 Å². The Balaban J connectivity index is 1.37. The van der Waals surface area contributed by atoms with Gasteiger partial charge in [-0.2, -0.15) is 0 Å². The lowest BCUT2D eigenvalue weighted by Crippen LogP contribution is -2.47. The molecule has 0 saturated carbocycles. The van der Waals surface area contributed by atoms with E-state index in [4.69, 9.17) is 0 Å². The Morgan fingerprint density at radius 2 is 1.97 bits per heavy atom. The number of nitrogens with zero attached hydrogens (tertiary/aromatic N) is 4. The number of aromatic nitrogens is 3. The lowest BCUT2D eigenvalue weighted by molar-refractivity contribution is 0.163. The number of piperidine rings is 1. The standard InChI is InChI=1S/C22H28N6O2/c1-16(2)26-12-9-18(10-13-26)23-21(29)24-19-7-5-6-17(14-19)15-28-22(30)27-11-4-3-8-20(27)25-28/h3-8,11,14,16,18H,9-10,12-13,15H2,1-2H3,(H2,23,24,29). The van der Waals surface area contributed by atoms with Crippen LogP contribution in [0.25, 0.3) is 5.65 Å². The summed E-state index contributed by atoms with van der Waals surface area (Å²) in [7, 11) is 0. The zero-order valence-corrected chi connectivity index (χ0v) is 17.4. The van der Waals surface area contributed by atoms with Gasteiger partial charge in [0, 0.05) is 37.1 Å². The number of fused-ring (bicyclic) bond motifs is 1. The maximum absolute atomic E-state index is 12.5. The van der Waals surface area contributed by atoms with Crippen LogP contribution in [0, 0.1) is 0 Å². The maximum atomic E-state index is 12.5. The Morgan fingerprint density at radius 1 is 1.17 bits per heavy atom.